The second kappa shape index (κ2) is 7.77. The zero-order chi connectivity index (χ0) is 16.8. The third-order valence-electron chi connectivity index (χ3n) is 3.90. The Hall–Kier alpha value is -2.36. The lowest BCUT2D eigenvalue weighted by Gasteiger charge is -2.14. The Balaban J connectivity index is 2.20. The lowest BCUT2D eigenvalue weighted by atomic mass is 10.0. The maximum Gasteiger partial charge on any atom is 0.203 e. The molecule has 0 N–H and O–H groups in total. The van der Waals surface area contributed by atoms with Crippen LogP contribution in [-0.2, 0) is 12.8 Å². The first-order valence-corrected chi connectivity index (χ1v) is 7.55. The summed E-state index contributed by atoms with van der Waals surface area (Å²) in [5.41, 5.74) is 3.52. The van der Waals surface area contributed by atoms with Crippen LogP contribution < -0.4 is 18.9 Å². The minimum atomic E-state index is 0.621. The lowest BCUT2D eigenvalue weighted by Crippen LogP contribution is -1.99. The van der Waals surface area contributed by atoms with Crippen molar-refractivity contribution < 1.29 is 18.9 Å². The Morgan fingerprint density at radius 1 is 0.652 bits per heavy atom. The first-order valence-electron chi connectivity index (χ1n) is 7.55. The van der Waals surface area contributed by atoms with Crippen molar-refractivity contribution >= 4 is 0 Å². The summed E-state index contributed by atoms with van der Waals surface area (Å²) in [5.74, 6) is 2.91. The van der Waals surface area contributed by atoms with E-state index in [2.05, 4.69) is 18.2 Å². The highest BCUT2D eigenvalue weighted by Crippen LogP contribution is 2.38. The Kier molecular flexibility index (Phi) is 5.74. The molecule has 0 saturated heterocycles. The van der Waals surface area contributed by atoms with Gasteiger partial charge in [0.05, 0.1) is 28.4 Å². The Morgan fingerprint density at radius 2 is 1.17 bits per heavy atom. The van der Waals surface area contributed by atoms with Crippen LogP contribution in [0.2, 0.25) is 0 Å². The molecule has 124 valence electrons. The van der Waals surface area contributed by atoms with E-state index in [1.807, 2.05) is 19.1 Å². The molecule has 0 unspecified atom stereocenters. The fraction of sp³-hybridized carbons (Fsp3) is 0.368. The van der Waals surface area contributed by atoms with Crippen molar-refractivity contribution in [1.29, 1.82) is 0 Å². The number of rotatable bonds is 7. The molecule has 0 aromatic heterocycles. The summed E-state index contributed by atoms with van der Waals surface area (Å²) in [6.45, 7) is 2.04. The van der Waals surface area contributed by atoms with Gasteiger partial charge in [-0.05, 0) is 54.7 Å². The van der Waals surface area contributed by atoms with Gasteiger partial charge in [-0.3, -0.25) is 0 Å². The van der Waals surface area contributed by atoms with Gasteiger partial charge < -0.3 is 18.9 Å². The van der Waals surface area contributed by atoms with Crippen molar-refractivity contribution in [2.75, 3.05) is 28.4 Å². The van der Waals surface area contributed by atoms with Crippen molar-refractivity contribution in [3.63, 3.8) is 0 Å². The van der Waals surface area contributed by atoms with E-state index in [9.17, 15) is 0 Å². The monoisotopic (exact) mass is 316 g/mol. The van der Waals surface area contributed by atoms with Gasteiger partial charge in [0.1, 0.15) is 5.75 Å². The van der Waals surface area contributed by atoms with Crippen LogP contribution in [0, 0.1) is 6.92 Å². The average molecular weight is 316 g/mol. The molecule has 0 spiro atoms. The zero-order valence-electron chi connectivity index (χ0n) is 14.4. The van der Waals surface area contributed by atoms with Crippen LogP contribution in [0.25, 0.3) is 0 Å². The summed E-state index contributed by atoms with van der Waals surface area (Å²) in [6, 6.07) is 10.3. The number of aryl methyl sites for hydroxylation is 3. The van der Waals surface area contributed by atoms with Crippen LogP contribution in [-0.4, -0.2) is 28.4 Å². The summed E-state index contributed by atoms with van der Waals surface area (Å²) in [5, 5.41) is 0. The van der Waals surface area contributed by atoms with E-state index in [0.29, 0.717) is 17.2 Å². The molecule has 0 amide bonds. The van der Waals surface area contributed by atoms with Gasteiger partial charge in [-0.25, -0.2) is 0 Å². The molecule has 0 radical (unpaired) electrons. The van der Waals surface area contributed by atoms with Crippen molar-refractivity contribution in [1.82, 2.24) is 0 Å². The predicted molar refractivity (Wildman–Crippen MR) is 91.2 cm³/mol. The lowest BCUT2D eigenvalue weighted by molar-refractivity contribution is 0.324. The molecule has 23 heavy (non-hydrogen) atoms. The average Bonchev–Trinajstić information content (AvgIpc) is 2.59. The summed E-state index contributed by atoms with van der Waals surface area (Å²) in [7, 11) is 6.57. The number of benzene rings is 2. The molecular formula is C19H24O4. The minimum Gasteiger partial charge on any atom is -0.496 e. The molecule has 2 aromatic rings. The second-order valence-corrected chi connectivity index (χ2v) is 5.34. The van der Waals surface area contributed by atoms with Crippen LogP contribution in [0.1, 0.15) is 16.7 Å². The first kappa shape index (κ1) is 17.0. The van der Waals surface area contributed by atoms with E-state index in [1.165, 1.54) is 5.56 Å². The van der Waals surface area contributed by atoms with Crippen LogP contribution in [0.4, 0.5) is 0 Å². The fourth-order valence-electron chi connectivity index (χ4n) is 2.59. The van der Waals surface area contributed by atoms with Gasteiger partial charge in [-0.1, -0.05) is 12.1 Å². The normalized spacial score (nSPS) is 10.3. The molecule has 0 aliphatic rings. The summed E-state index contributed by atoms with van der Waals surface area (Å²) < 4.78 is 21.5. The molecule has 2 rings (SSSR count). The Morgan fingerprint density at radius 3 is 1.70 bits per heavy atom. The van der Waals surface area contributed by atoms with E-state index in [4.69, 9.17) is 18.9 Å². The predicted octanol–water partition coefficient (Wildman–Crippen LogP) is 3.81. The third kappa shape index (κ3) is 3.89. The quantitative estimate of drug-likeness (QED) is 0.778. The zero-order valence-corrected chi connectivity index (χ0v) is 14.4. The summed E-state index contributed by atoms with van der Waals surface area (Å²) in [4.78, 5) is 0. The largest absolute Gasteiger partial charge is 0.496 e. The first-order chi connectivity index (χ1) is 11.1. The Bertz CT molecular complexity index is 639. The van der Waals surface area contributed by atoms with Crippen molar-refractivity contribution in [2.24, 2.45) is 0 Å². The molecule has 0 aliphatic heterocycles. The molecule has 0 bridgehead atoms. The van der Waals surface area contributed by atoms with Crippen LogP contribution in [0.5, 0.6) is 23.0 Å². The SMILES string of the molecule is COc1cc(CCc2cc(OC)c(OC)c(OC)c2)ccc1C. The minimum absolute atomic E-state index is 0.621. The smallest absolute Gasteiger partial charge is 0.203 e. The van der Waals surface area contributed by atoms with Gasteiger partial charge in [0, 0.05) is 0 Å². The molecule has 4 nitrogen and oxygen atoms in total. The van der Waals surface area contributed by atoms with E-state index in [-0.39, 0.29) is 0 Å². The van der Waals surface area contributed by atoms with Gasteiger partial charge in [-0.2, -0.15) is 0 Å². The number of methoxy groups -OCH3 is 4. The maximum absolute atomic E-state index is 5.40. The molecule has 0 aliphatic carbocycles. The van der Waals surface area contributed by atoms with Gasteiger partial charge >= 0.3 is 0 Å². The van der Waals surface area contributed by atoms with Gasteiger partial charge in [0.2, 0.25) is 5.75 Å². The Labute approximate surface area is 137 Å². The highest BCUT2D eigenvalue weighted by Gasteiger charge is 2.13. The number of hydrogen-bond acceptors (Lipinski definition) is 4. The highest BCUT2D eigenvalue weighted by molar-refractivity contribution is 5.54. The maximum atomic E-state index is 5.40. The standard InChI is InChI=1S/C19H24O4/c1-13-6-7-14(10-16(13)20-2)8-9-15-11-17(21-3)19(23-5)18(12-15)22-4/h6-7,10-12H,8-9H2,1-5H3. The van der Waals surface area contributed by atoms with Crippen LogP contribution in [0.3, 0.4) is 0 Å². The van der Waals surface area contributed by atoms with E-state index >= 15 is 0 Å². The van der Waals surface area contributed by atoms with Gasteiger partial charge in [0.25, 0.3) is 0 Å². The molecule has 0 saturated carbocycles. The van der Waals surface area contributed by atoms with Crippen molar-refractivity contribution in [3.8, 4) is 23.0 Å². The molecule has 0 heterocycles. The molecule has 0 atom stereocenters. The van der Waals surface area contributed by atoms with E-state index in [0.717, 1.165) is 29.7 Å². The summed E-state index contributed by atoms with van der Waals surface area (Å²) in [6.07, 6.45) is 1.79. The molecular weight excluding hydrogens is 292 g/mol. The fourth-order valence-corrected chi connectivity index (χ4v) is 2.59. The molecule has 0 fully saturated rings. The van der Waals surface area contributed by atoms with E-state index < -0.39 is 0 Å². The van der Waals surface area contributed by atoms with Gasteiger partial charge in [0.15, 0.2) is 11.5 Å². The molecule has 4 heteroatoms. The van der Waals surface area contributed by atoms with E-state index in [1.54, 1.807) is 28.4 Å². The van der Waals surface area contributed by atoms with Gasteiger partial charge in [-0.15, -0.1) is 0 Å². The topological polar surface area (TPSA) is 36.9 Å². The van der Waals surface area contributed by atoms with Crippen LogP contribution in [0.15, 0.2) is 30.3 Å². The second-order valence-electron chi connectivity index (χ2n) is 5.34. The van der Waals surface area contributed by atoms with Crippen molar-refractivity contribution in [2.45, 2.75) is 19.8 Å². The van der Waals surface area contributed by atoms with Crippen LogP contribution >= 0.6 is 0 Å². The van der Waals surface area contributed by atoms with Crippen molar-refractivity contribution in [3.05, 3.63) is 47.0 Å². The molecule has 2 aromatic carbocycles. The number of hydrogen-bond donors (Lipinski definition) is 0. The summed E-state index contributed by atoms with van der Waals surface area (Å²) >= 11 is 0. The third-order valence-corrected chi connectivity index (χ3v) is 3.90. The highest BCUT2D eigenvalue weighted by atomic mass is 16.5. The number of ether oxygens (including phenoxy) is 4.